The van der Waals surface area contributed by atoms with Crippen LogP contribution in [0.25, 0.3) is 11.0 Å². The number of aryl methyl sites for hydroxylation is 1. The first-order valence-electron chi connectivity index (χ1n) is 9.49. The molecule has 0 unspecified atom stereocenters. The molecule has 0 atom stereocenters. The van der Waals surface area contributed by atoms with E-state index in [1.54, 1.807) is 13.2 Å². The third-order valence-corrected chi connectivity index (χ3v) is 5.70. The number of carbonyl (C=O) groups is 1. The third kappa shape index (κ3) is 3.73. The first-order chi connectivity index (χ1) is 13.5. The van der Waals surface area contributed by atoms with E-state index in [1.807, 2.05) is 36.1 Å². The van der Waals surface area contributed by atoms with Gasteiger partial charge in [-0.3, -0.25) is 4.79 Å². The predicted molar refractivity (Wildman–Crippen MR) is 109 cm³/mol. The second kappa shape index (κ2) is 7.86. The number of hydrogen-bond donors (Lipinski definition) is 1. The molecule has 4 rings (SSSR count). The number of nitrogens with zero attached hydrogens (tertiary/aromatic N) is 1. The van der Waals surface area contributed by atoms with E-state index in [1.165, 1.54) is 10.5 Å². The van der Waals surface area contributed by atoms with E-state index in [4.69, 9.17) is 20.8 Å². The Bertz CT molecular complexity index is 989. The minimum Gasteiger partial charge on any atom is -0.497 e. The number of nitrogens with one attached hydrogen (secondary N) is 1. The fraction of sp³-hybridized carbons (Fsp3) is 0.318. The molecule has 1 saturated heterocycles. The first-order valence-corrected chi connectivity index (χ1v) is 9.87. The number of amides is 1. The molecule has 0 radical (unpaired) electrons. The molecule has 28 heavy (non-hydrogen) atoms. The predicted octanol–water partition coefficient (Wildman–Crippen LogP) is 2.94. The number of piperazine rings is 1. The van der Waals surface area contributed by atoms with Gasteiger partial charge >= 0.3 is 0 Å². The zero-order valence-electron chi connectivity index (χ0n) is 16.1. The second-order valence-electron chi connectivity index (χ2n) is 7.26. The number of ether oxygens (including phenoxy) is 1. The van der Waals surface area contributed by atoms with Crippen LogP contribution in [-0.4, -0.2) is 44.1 Å². The summed E-state index contributed by atoms with van der Waals surface area (Å²) in [6.45, 7) is 6.16. The lowest BCUT2D eigenvalue weighted by atomic mass is 10.1. The minimum absolute atomic E-state index is 0.0340. The van der Waals surface area contributed by atoms with E-state index in [0.29, 0.717) is 16.4 Å². The SMILES string of the molecule is COc1ccc(C[NH+]2CCN(C(=O)c3oc4ccc(Cl)cc4c3C)CC2)cc1. The van der Waals surface area contributed by atoms with Crippen LogP contribution >= 0.6 is 11.6 Å². The molecule has 5 nitrogen and oxygen atoms in total. The number of benzene rings is 2. The summed E-state index contributed by atoms with van der Waals surface area (Å²) in [5, 5.41) is 1.55. The number of halogens is 1. The van der Waals surface area contributed by atoms with Crippen LogP contribution in [0.3, 0.4) is 0 Å². The van der Waals surface area contributed by atoms with Gasteiger partial charge in [-0.2, -0.15) is 0 Å². The summed E-state index contributed by atoms with van der Waals surface area (Å²) < 4.78 is 11.1. The van der Waals surface area contributed by atoms with Crippen molar-refractivity contribution in [1.29, 1.82) is 0 Å². The Morgan fingerprint density at radius 3 is 2.57 bits per heavy atom. The molecular weight excluding hydrogens is 376 g/mol. The fourth-order valence-corrected chi connectivity index (χ4v) is 3.95. The first kappa shape index (κ1) is 18.8. The number of hydrogen-bond acceptors (Lipinski definition) is 3. The molecule has 1 fully saturated rings. The van der Waals surface area contributed by atoms with E-state index in [2.05, 4.69) is 12.1 Å². The highest BCUT2D eigenvalue weighted by atomic mass is 35.5. The summed E-state index contributed by atoms with van der Waals surface area (Å²) in [6.07, 6.45) is 0. The number of rotatable bonds is 4. The fourth-order valence-electron chi connectivity index (χ4n) is 3.78. The van der Waals surface area contributed by atoms with E-state index in [0.717, 1.165) is 49.4 Å². The molecule has 2 heterocycles. The molecule has 1 aliphatic heterocycles. The van der Waals surface area contributed by atoms with Crippen LogP contribution in [0.5, 0.6) is 5.75 Å². The molecule has 0 aliphatic carbocycles. The van der Waals surface area contributed by atoms with Crippen molar-refractivity contribution in [3.05, 3.63) is 64.4 Å². The van der Waals surface area contributed by atoms with Crippen LogP contribution in [0.1, 0.15) is 21.7 Å². The van der Waals surface area contributed by atoms with Crippen LogP contribution < -0.4 is 9.64 Å². The lowest BCUT2D eigenvalue weighted by molar-refractivity contribution is -0.917. The van der Waals surface area contributed by atoms with Gasteiger partial charge in [0.15, 0.2) is 5.76 Å². The molecule has 6 heteroatoms. The van der Waals surface area contributed by atoms with Crippen molar-refractivity contribution >= 4 is 28.5 Å². The second-order valence-corrected chi connectivity index (χ2v) is 7.70. The lowest BCUT2D eigenvalue weighted by Gasteiger charge is -2.32. The summed E-state index contributed by atoms with van der Waals surface area (Å²) in [4.78, 5) is 16.4. The van der Waals surface area contributed by atoms with Gasteiger partial charge in [-0.1, -0.05) is 11.6 Å². The zero-order valence-corrected chi connectivity index (χ0v) is 16.9. The number of methoxy groups -OCH3 is 1. The molecule has 0 spiro atoms. The van der Waals surface area contributed by atoms with Crippen molar-refractivity contribution in [1.82, 2.24) is 4.90 Å². The largest absolute Gasteiger partial charge is 0.497 e. The Labute approximate surface area is 169 Å². The van der Waals surface area contributed by atoms with E-state index < -0.39 is 0 Å². The Morgan fingerprint density at radius 2 is 1.89 bits per heavy atom. The Morgan fingerprint density at radius 1 is 1.18 bits per heavy atom. The van der Waals surface area contributed by atoms with Crippen molar-refractivity contribution in [3.8, 4) is 5.75 Å². The van der Waals surface area contributed by atoms with Crippen molar-refractivity contribution in [3.63, 3.8) is 0 Å². The third-order valence-electron chi connectivity index (χ3n) is 5.46. The molecule has 0 bridgehead atoms. The number of furan rings is 1. The summed E-state index contributed by atoms with van der Waals surface area (Å²) in [7, 11) is 1.68. The van der Waals surface area contributed by atoms with Gasteiger partial charge in [0.05, 0.1) is 33.3 Å². The van der Waals surface area contributed by atoms with Gasteiger partial charge in [0.25, 0.3) is 5.91 Å². The van der Waals surface area contributed by atoms with E-state index >= 15 is 0 Å². The molecule has 1 aromatic heterocycles. The standard InChI is InChI=1S/C22H23ClN2O3/c1-15-19-13-17(23)5-8-20(19)28-21(15)22(26)25-11-9-24(10-12-25)14-16-3-6-18(27-2)7-4-16/h3-8,13H,9-12,14H2,1-2H3/p+1. The van der Waals surface area contributed by atoms with Gasteiger partial charge in [-0.15, -0.1) is 0 Å². The van der Waals surface area contributed by atoms with Gasteiger partial charge < -0.3 is 19.0 Å². The van der Waals surface area contributed by atoms with Gasteiger partial charge in [0.2, 0.25) is 0 Å². The number of quaternary nitrogens is 1. The highest BCUT2D eigenvalue weighted by molar-refractivity contribution is 6.31. The normalized spacial score (nSPS) is 15.2. The summed E-state index contributed by atoms with van der Waals surface area (Å²) >= 11 is 6.08. The topological polar surface area (TPSA) is 47.1 Å². The van der Waals surface area contributed by atoms with Crippen LogP contribution in [0.2, 0.25) is 5.02 Å². The monoisotopic (exact) mass is 399 g/mol. The van der Waals surface area contributed by atoms with Crippen LogP contribution in [0.4, 0.5) is 0 Å². The Balaban J connectivity index is 1.40. The van der Waals surface area contributed by atoms with Gasteiger partial charge in [-0.05, 0) is 49.4 Å². The lowest BCUT2D eigenvalue weighted by Crippen LogP contribution is -3.13. The average Bonchev–Trinajstić information content (AvgIpc) is 3.04. The Hall–Kier alpha value is -2.50. The molecule has 1 N–H and O–H groups in total. The molecule has 1 amide bonds. The Kier molecular flexibility index (Phi) is 5.29. The smallest absolute Gasteiger partial charge is 0.290 e. The maximum atomic E-state index is 13.0. The number of fused-ring (bicyclic) bond motifs is 1. The summed E-state index contributed by atoms with van der Waals surface area (Å²) in [5.41, 5.74) is 2.84. The van der Waals surface area contributed by atoms with Gasteiger partial charge in [0, 0.05) is 21.5 Å². The van der Waals surface area contributed by atoms with Crippen LogP contribution in [0.15, 0.2) is 46.9 Å². The minimum atomic E-state index is -0.0340. The molecule has 146 valence electrons. The van der Waals surface area contributed by atoms with Crippen molar-refractivity contribution in [2.45, 2.75) is 13.5 Å². The van der Waals surface area contributed by atoms with Gasteiger partial charge in [-0.25, -0.2) is 0 Å². The van der Waals surface area contributed by atoms with Crippen LogP contribution in [0, 0.1) is 6.92 Å². The average molecular weight is 400 g/mol. The maximum absolute atomic E-state index is 13.0. The van der Waals surface area contributed by atoms with E-state index in [-0.39, 0.29) is 5.91 Å². The molecular formula is C22H24ClN2O3+. The van der Waals surface area contributed by atoms with Crippen molar-refractivity contribution < 1.29 is 18.8 Å². The van der Waals surface area contributed by atoms with Crippen molar-refractivity contribution in [2.24, 2.45) is 0 Å². The zero-order chi connectivity index (χ0) is 19.7. The van der Waals surface area contributed by atoms with Crippen LogP contribution in [-0.2, 0) is 6.54 Å². The molecule has 3 aromatic rings. The highest BCUT2D eigenvalue weighted by Gasteiger charge is 2.28. The number of carbonyl (C=O) groups excluding carboxylic acids is 1. The summed E-state index contributed by atoms with van der Waals surface area (Å²) in [5.74, 6) is 1.26. The molecule has 0 saturated carbocycles. The molecule has 1 aliphatic rings. The maximum Gasteiger partial charge on any atom is 0.290 e. The summed E-state index contributed by atoms with van der Waals surface area (Å²) in [6, 6.07) is 13.6. The quantitative estimate of drug-likeness (QED) is 0.733. The van der Waals surface area contributed by atoms with Gasteiger partial charge in [0.1, 0.15) is 17.9 Å². The van der Waals surface area contributed by atoms with Crippen molar-refractivity contribution in [2.75, 3.05) is 33.3 Å². The van der Waals surface area contributed by atoms with E-state index in [9.17, 15) is 4.79 Å². The highest BCUT2D eigenvalue weighted by Crippen LogP contribution is 2.28. The molecule has 2 aromatic carbocycles.